The van der Waals surface area contributed by atoms with Crippen LogP contribution in [0.25, 0.3) is 0 Å². The van der Waals surface area contributed by atoms with E-state index < -0.39 is 9.93 Å². The van der Waals surface area contributed by atoms with Crippen molar-refractivity contribution in [3.8, 4) is 5.75 Å². The number of benzene rings is 1. The fourth-order valence-corrected chi connectivity index (χ4v) is 3.12. The van der Waals surface area contributed by atoms with Crippen molar-refractivity contribution in [3.05, 3.63) is 53.7 Å². The molecular weight excluding hydrogens is 359 g/mol. The summed E-state index contributed by atoms with van der Waals surface area (Å²) in [6, 6.07) is 11.2. The van der Waals surface area contributed by atoms with Crippen molar-refractivity contribution in [2.45, 2.75) is 43.0 Å². The van der Waals surface area contributed by atoms with Crippen LogP contribution >= 0.6 is 23.2 Å². The lowest BCUT2D eigenvalue weighted by Crippen LogP contribution is -2.42. The second kappa shape index (κ2) is 6.50. The number of nitrogens with one attached hydrogen (secondary N) is 1. The number of aromatic nitrogens is 1. The molecule has 1 aromatic carbocycles. The van der Waals surface area contributed by atoms with E-state index in [2.05, 4.69) is 10.3 Å². The number of rotatable bonds is 5. The lowest BCUT2D eigenvalue weighted by molar-refractivity contribution is -0.128. The molecule has 132 valence electrons. The van der Waals surface area contributed by atoms with Gasteiger partial charge in [-0.1, -0.05) is 18.2 Å². The largest absolute Gasteiger partial charge is 0.478 e. The Hall–Kier alpha value is -1.78. The summed E-state index contributed by atoms with van der Waals surface area (Å²) in [7, 11) is 0. The van der Waals surface area contributed by atoms with Crippen molar-refractivity contribution in [1.82, 2.24) is 4.98 Å². The Morgan fingerprint density at radius 3 is 2.48 bits per heavy atom. The Labute approximate surface area is 157 Å². The van der Waals surface area contributed by atoms with Gasteiger partial charge in [0.15, 0.2) is 5.60 Å². The summed E-state index contributed by atoms with van der Waals surface area (Å²) in [5.74, 6) is 1.04. The van der Waals surface area contributed by atoms with Crippen LogP contribution in [-0.4, -0.2) is 20.8 Å². The predicted octanol–water partition coefficient (Wildman–Crippen LogP) is 4.85. The lowest BCUT2D eigenvalue weighted by atomic mass is 10.1. The van der Waals surface area contributed by atoms with Gasteiger partial charge in [0.1, 0.15) is 15.9 Å². The Kier molecular flexibility index (Phi) is 4.69. The fraction of sp³-hybridized carbons (Fsp3) is 0.368. The van der Waals surface area contributed by atoms with Gasteiger partial charge in [0.25, 0.3) is 5.91 Å². The number of carbonyl (C=O) groups excluding carboxylic acids is 1. The number of alkyl halides is 2. The third kappa shape index (κ3) is 4.07. The first-order valence-electron chi connectivity index (χ1n) is 8.09. The van der Waals surface area contributed by atoms with Crippen LogP contribution < -0.4 is 10.1 Å². The first-order chi connectivity index (χ1) is 11.7. The van der Waals surface area contributed by atoms with E-state index in [0.29, 0.717) is 11.6 Å². The van der Waals surface area contributed by atoms with E-state index in [-0.39, 0.29) is 11.8 Å². The van der Waals surface area contributed by atoms with Gasteiger partial charge >= 0.3 is 0 Å². The van der Waals surface area contributed by atoms with Crippen molar-refractivity contribution in [3.63, 3.8) is 0 Å². The highest BCUT2D eigenvalue weighted by molar-refractivity contribution is 6.51. The minimum atomic E-state index is -1.05. The number of nitrogens with zero attached hydrogens (tertiary/aromatic N) is 1. The van der Waals surface area contributed by atoms with Gasteiger partial charge in [-0.2, -0.15) is 0 Å². The van der Waals surface area contributed by atoms with E-state index in [4.69, 9.17) is 27.9 Å². The van der Waals surface area contributed by atoms with Crippen LogP contribution in [0.2, 0.25) is 0 Å². The van der Waals surface area contributed by atoms with Crippen LogP contribution in [-0.2, 0) is 4.79 Å². The summed E-state index contributed by atoms with van der Waals surface area (Å²) in [4.78, 5) is 16.7. The van der Waals surface area contributed by atoms with Crippen molar-refractivity contribution < 1.29 is 9.53 Å². The minimum Gasteiger partial charge on any atom is -0.478 e. The highest BCUT2D eigenvalue weighted by atomic mass is 35.5. The summed E-state index contributed by atoms with van der Waals surface area (Å²) in [5.41, 5.74) is 0.920. The number of aryl methyl sites for hydroxylation is 1. The molecule has 1 unspecified atom stereocenters. The number of halogens is 2. The standard InChI is InChI=1S/C19H20Cl2N2O2/c1-12-5-4-10-22-16(12)23-17(24)18(2,3)25-14-8-6-13(7-9-14)15-11-19(15,20)21/h4-10,15H,11H2,1-3H3,(H,22,23,24). The first-order valence-corrected chi connectivity index (χ1v) is 8.84. The normalized spacial score (nSPS) is 18.5. The quantitative estimate of drug-likeness (QED) is 0.756. The molecule has 0 bridgehead atoms. The van der Waals surface area contributed by atoms with Crippen molar-refractivity contribution in [2.75, 3.05) is 5.32 Å². The van der Waals surface area contributed by atoms with Gasteiger partial charge < -0.3 is 10.1 Å². The van der Waals surface area contributed by atoms with E-state index in [1.54, 1.807) is 20.0 Å². The summed E-state index contributed by atoms with van der Waals surface area (Å²) in [5, 5.41) is 2.81. The maximum absolute atomic E-state index is 12.6. The summed E-state index contributed by atoms with van der Waals surface area (Å²) in [6.45, 7) is 5.33. The Morgan fingerprint density at radius 2 is 1.92 bits per heavy atom. The maximum Gasteiger partial charge on any atom is 0.269 e. The molecule has 3 rings (SSSR count). The molecule has 0 spiro atoms. The molecule has 4 nitrogen and oxygen atoms in total. The number of hydrogen-bond acceptors (Lipinski definition) is 3. The van der Waals surface area contributed by atoms with Crippen LogP contribution in [0.15, 0.2) is 42.6 Å². The molecule has 1 aromatic heterocycles. The van der Waals surface area contributed by atoms with Gasteiger partial charge in [-0.3, -0.25) is 4.79 Å². The Bertz CT molecular complexity index is 788. The van der Waals surface area contributed by atoms with Crippen molar-refractivity contribution in [1.29, 1.82) is 0 Å². The number of ether oxygens (including phenoxy) is 1. The zero-order valence-electron chi connectivity index (χ0n) is 14.3. The highest BCUT2D eigenvalue weighted by Gasteiger charge is 2.52. The van der Waals surface area contributed by atoms with Crippen LogP contribution in [0.5, 0.6) is 5.75 Å². The molecule has 1 atom stereocenters. The molecule has 1 aliphatic carbocycles. The molecule has 1 saturated carbocycles. The van der Waals surface area contributed by atoms with Crippen molar-refractivity contribution in [2.24, 2.45) is 0 Å². The topological polar surface area (TPSA) is 51.2 Å². The van der Waals surface area contributed by atoms with E-state index in [1.165, 1.54) is 0 Å². The van der Waals surface area contributed by atoms with Crippen LogP contribution in [0.3, 0.4) is 0 Å². The van der Waals surface area contributed by atoms with E-state index in [1.807, 2.05) is 43.3 Å². The molecule has 1 heterocycles. The molecule has 0 radical (unpaired) electrons. The van der Waals surface area contributed by atoms with Gasteiger partial charge in [-0.15, -0.1) is 23.2 Å². The zero-order chi connectivity index (χ0) is 18.2. The van der Waals surface area contributed by atoms with Crippen LogP contribution in [0.1, 0.15) is 37.3 Å². The fourth-order valence-electron chi connectivity index (χ4n) is 2.56. The first kappa shape index (κ1) is 18.0. The molecule has 0 aliphatic heterocycles. The zero-order valence-corrected chi connectivity index (χ0v) is 15.9. The highest BCUT2D eigenvalue weighted by Crippen LogP contribution is 2.59. The lowest BCUT2D eigenvalue weighted by Gasteiger charge is -2.25. The van der Waals surface area contributed by atoms with E-state index >= 15 is 0 Å². The number of carbonyl (C=O) groups is 1. The summed E-state index contributed by atoms with van der Waals surface area (Å²) in [6.07, 6.45) is 2.40. The summed E-state index contributed by atoms with van der Waals surface area (Å²) < 4.78 is 5.23. The molecule has 1 aliphatic rings. The van der Waals surface area contributed by atoms with E-state index in [0.717, 1.165) is 17.5 Å². The maximum atomic E-state index is 12.6. The number of amides is 1. The van der Waals surface area contributed by atoms with Gasteiger partial charge in [0.05, 0.1) is 0 Å². The monoisotopic (exact) mass is 378 g/mol. The van der Waals surface area contributed by atoms with Gasteiger partial charge in [0.2, 0.25) is 0 Å². The second-order valence-corrected chi connectivity index (χ2v) is 8.36. The Morgan fingerprint density at radius 1 is 1.28 bits per heavy atom. The molecule has 1 fully saturated rings. The smallest absolute Gasteiger partial charge is 0.269 e. The third-order valence-electron chi connectivity index (χ3n) is 4.27. The average molecular weight is 379 g/mol. The summed E-state index contributed by atoms with van der Waals surface area (Å²) >= 11 is 12.2. The number of anilines is 1. The SMILES string of the molecule is Cc1cccnc1NC(=O)C(C)(C)Oc1ccc(C2CC2(Cl)Cl)cc1. The number of hydrogen-bond donors (Lipinski definition) is 1. The molecule has 1 N–H and O–H groups in total. The third-order valence-corrected chi connectivity index (χ3v) is 5.11. The van der Waals surface area contributed by atoms with E-state index in [9.17, 15) is 4.79 Å². The Balaban J connectivity index is 1.66. The number of pyridine rings is 1. The minimum absolute atomic E-state index is 0.160. The van der Waals surface area contributed by atoms with Crippen LogP contribution in [0, 0.1) is 6.92 Å². The predicted molar refractivity (Wildman–Crippen MR) is 101 cm³/mol. The van der Waals surface area contributed by atoms with Gasteiger partial charge in [-0.25, -0.2) is 4.98 Å². The molecule has 1 amide bonds. The molecule has 6 heteroatoms. The average Bonchev–Trinajstić information content (AvgIpc) is 3.18. The van der Waals surface area contributed by atoms with Crippen LogP contribution in [0.4, 0.5) is 5.82 Å². The molecule has 2 aromatic rings. The van der Waals surface area contributed by atoms with Gasteiger partial charge in [-0.05, 0) is 56.5 Å². The molecule has 25 heavy (non-hydrogen) atoms. The molecular formula is C19H20Cl2N2O2. The molecule has 0 saturated heterocycles. The van der Waals surface area contributed by atoms with Gasteiger partial charge in [0, 0.05) is 12.1 Å². The second-order valence-electron chi connectivity index (χ2n) is 6.82. The van der Waals surface area contributed by atoms with Crippen molar-refractivity contribution >= 4 is 34.9 Å².